The molecule has 0 aromatic rings. The maximum Gasteiger partial charge on any atom is 0.313 e. The van der Waals surface area contributed by atoms with Gasteiger partial charge in [-0.25, -0.2) is 0 Å². The largest absolute Gasteiger partial charge is 0.481 e. The van der Waals surface area contributed by atoms with Crippen molar-refractivity contribution in [2.45, 2.75) is 0 Å². The Balaban J connectivity index is 2.50. The van der Waals surface area contributed by atoms with Crippen LogP contribution in [0.25, 0.3) is 0 Å². The van der Waals surface area contributed by atoms with Crippen LogP contribution in [0.5, 0.6) is 0 Å². The lowest BCUT2D eigenvalue weighted by atomic mass is 9.93. The number of ether oxygens (including phenoxy) is 1. The average molecular weight is 162 g/mol. The number of methoxy groups -OCH3 is 1. The van der Waals surface area contributed by atoms with Crippen LogP contribution in [0, 0.1) is 5.41 Å². The summed E-state index contributed by atoms with van der Waals surface area (Å²) in [6.07, 6.45) is 0. The van der Waals surface area contributed by atoms with Gasteiger partial charge in [-0.1, -0.05) is 0 Å². The molecule has 1 N–H and O–H groups in total. The molecule has 0 amide bonds. The fourth-order valence-electron chi connectivity index (χ4n) is 0.893. The molecule has 0 spiro atoms. The highest BCUT2D eigenvalue weighted by molar-refractivity contribution is 8.00. The van der Waals surface area contributed by atoms with Gasteiger partial charge in [-0.05, 0) is 0 Å². The van der Waals surface area contributed by atoms with Crippen LogP contribution in [0.2, 0.25) is 0 Å². The molecular weight excluding hydrogens is 152 g/mol. The second kappa shape index (κ2) is 2.80. The van der Waals surface area contributed by atoms with Gasteiger partial charge in [0.2, 0.25) is 0 Å². The van der Waals surface area contributed by atoms with Crippen LogP contribution < -0.4 is 0 Å². The number of rotatable bonds is 3. The van der Waals surface area contributed by atoms with E-state index in [0.717, 1.165) is 0 Å². The van der Waals surface area contributed by atoms with Gasteiger partial charge >= 0.3 is 5.97 Å². The molecule has 1 aliphatic rings. The average Bonchev–Trinajstić information content (AvgIpc) is 1.77. The van der Waals surface area contributed by atoms with Crippen molar-refractivity contribution < 1.29 is 14.6 Å². The molecule has 58 valence electrons. The fourth-order valence-corrected chi connectivity index (χ4v) is 2.00. The molecule has 10 heavy (non-hydrogen) atoms. The zero-order valence-corrected chi connectivity index (χ0v) is 6.61. The highest BCUT2D eigenvalue weighted by Gasteiger charge is 2.45. The Hall–Kier alpha value is -0.220. The summed E-state index contributed by atoms with van der Waals surface area (Å²) >= 11 is 1.65. The number of thioether (sulfide) groups is 1. The third kappa shape index (κ3) is 1.13. The number of carboxylic acid groups (broad SMARTS) is 1. The van der Waals surface area contributed by atoms with Gasteiger partial charge in [-0.2, -0.15) is 11.8 Å². The molecule has 4 heteroatoms. The van der Waals surface area contributed by atoms with Crippen LogP contribution in [-0.4, -0.2) is 36.3 Å². The van der Waals surface area contributed by atoms with Gasteiger partial charge in [0.1, 0.15) is 5.41 Å². The van der Waals surface area contributed by atoms with Crippen molar-refractivity contribution in [3.8, 4) is 0 Å². The zero-order chi connectivity index (χ0) is 7.61. The molecule has 0 saturated carbocycles. The molecule has 0 aromatic carbocycles. The van der Waals surface area contributed by atoms with E-state index in [2.05, 4.69) is 0 Å². The van der Waals surface area contributed by atoms with Crippen LogP contribution >= 0.6 is 11.8 Å². The molecule has 1 fully saturated rings. The van der Waals surface area contributed by atoms with E-state index >= 15 is 0 Å². The Morgan fingerprint density at radius 3 is 2.50 bits per heavy atom. The summed E-state index contributed by atoms with van der Waals surface area (Å²) in [5, 5.41) is 8.72. The molecular formula is C6H10O3S. The summed E-state index contributed by atoms with van der Waals surface area (Å²) in [5.74, 6) is 0.653. The van der Waals surface area contributed by atoms with Crippen molar-refractivity contribution >= 4 is 17.7 Å². The maximum atomic E-state index is 10.6. The van der Waals surface area contributed by atoms with Crippen molar-refractivity contribution in [2.75, 3.05) is 25.2 Å². The van der Waals surface area contributed by atoms with E-state index in [-0.39, 0.29) is 0 Å². The third-order valence-corrected chi connectivity index (χ3v) is 3.14. The van der Waals surface area contributed by atoms with Crippen molar-refractivity contribution in [1.82, 2.24) is 0 Å². The van der Waals surface area contributed by atoms with Gasteiger partial charge in [0, 0.05) is 18.6 Å². The summed E-state index contributed by atoms with van der Waals surface area (Å²) in [6, 6.07) is 0. The monoisotopic (exact) mass is 162 g/mol. The van der Waals surface area contributed by atoms with Crippen molar-refractivity contribution in [3.63, 3.8) is 0 Å². The third-order valence-electron chi connectivity index (χ3n) is 1.63. The van der Waals surface area contributed by atoms with Gasteiger partial charge in [0.25, 0.3) is 0 Å². The van der Waals surface area contributed by atoms with Gasteiger partial charge in [0.05, 0.1) is 6.61 Å². The fraction of sp³-hybridized carbons (Fsp3) is 0.833. The normalized spacial score (nSPS) is 21.7. The lowest BCUT2D eigenvalue weighted by Crippen LogP contribution is -2.46. The summed E-state index contributed by atoms with van der Waals surface area (Å²) < 4.78 is 4.82. The Morgan fingerprint density at radius 1 is 1.80 bits per heavy atom. The predicted molar refractivity (Wildman–Crippen MR) is 39.3 cm³/mol. The van der Waals surface area contributed by atoms with E-state index in [1.54, 1.807) is 11.8 Å². The predicted octanol–water partition coefficient (Wildman–Crippen LogP) is 0.451. The number of carboxylic acids is 1. The number of hydrogen-bond acceptors (Lipinski definition) is 3. The molecule has 0 radical (unpaired) electrons. The first kappa shape index (κ1) is 7.88. The van der Waals surface area contributed by atoms with E-state index in [1.165, 1.54) is 7.11 Å². The minimum atomic E-state index is -0.729. The van der Waals surface area contributed by atoms with E-state index in [9.17, 15) is 4.79 Å². The lowest BCUT2D eigenvalue weighted by Gasteiger charge is -2.35. The summed E-state index contributed by atoms with van der Waals surface area (Å²) in [4.78, 5) is 10.6. The first-order valence-electron chi connectivity index (χ1n) is 3.01. The molecule has 1 heterocycles. The van der Waals surface area contributed by atoms with Crippen molar-refractivity contribution in [1.29, 1.82) is 0 Å². The highest BCUT2D eigenvalue weighted by Crippen LogP contribution is 2.38. The van der Waals surface area contributed by atoms with E-state index in [0.29, 0.717) is 18.1 Å². The standard InChI is InChI=1S/C6H10O3S/c1-9-2-6(5(7)8)3-10-4-6/h2-4H2,1H3,(H,7,8). The Kier molecular flexibility index (Phi) is 2.21. The molecule has 0 bridgehead atoms. The van der Waals surface area contributed by atoms with Gasteiger partial charge in [-0.15, -0.1) is 0 Å². The van der Waals surface area contributed by atoms with Crippen LogP contribution in [0.15, 0.2) is 0 Å². The number of hydrogen-bond donors (Lipinski definition) is 1. The molecule has 3 nitrogen and oxygen atoms in total. The minimum Gasteiger partial charge on any atom is -0.481 e. The lowest BCUT2D eigenvalue weighted by molar-refractivity contribution is -0.149. The minimum absolute atomic E-state index is 0.343. The second-order valence-electron chi connectivity index (χ2n) is 2.51. The van der Waals surface area contributed by atoms with E-state index in [1.807, 2.05) is 0 Å². The van der Waals surface area contributed by atoms with E-state index in [4.69, 9.17) is 9.84 Å². The zero-order valence-electron chi connectivity index (χ0n) is 5.79. The number of carbonyl (C=O) groups is 1. The topological polar surface area (TPSA) is 46.5 Å². The Morgan fingerprint density at radius 2 is 2.40 bits per heavy atom. The summed E-state index contributed by atoms with van der Waals surface area (Å²) in [6.45, 7) is 0.343. The van der Waals surface area contributed by atoms with Crippen LogP contribution in [0.4, 0.5) is 0 Å². The first-order valence-corrected chi connectivity index (χ1v) is 4.17. The Bertz CT molecular complexity index is 142. The van der Waals surface area contributed by atoms with Crippen molar-refractivity contribution in [2.24, 2.45) is 5.41 Å². The van der Waals surface area contributed by atoms with Crippen LogP contribution in [0.1, 0.15) is 0 Å². The Labute approximate surface area is 63.8 Å². The van der Waals surface area contributed by atoms with E-state index < -0.39 is 11.4 Å². The smallest absolute Gasteiger partial charge is 0.313 e. The second-order valence-corrected chi connectivity index (χ2v) is 3.50. The highest BCUT2D eigenvalue weighted by atomic mass is 32.2. The molecule has 1 rings (SSSR count). The van der Waals surface area contributed by atoms with Gasteiger partial charge in [-0.3, -0.25) is 4.79 Å². The summed E-state index contributed by atoms with van der Waals surface area (Å²) in [5.41, 5.74) is -0.570. The first-order chi connectivity index (χ1) is 4.71. The van der Waals surface area contributed by atoms with Gasteiger partial charge in [0.15, 0.2) is 0 Å². The van der Waals surface area contributed by atoms with Crippen LogP contribution in [0.3, 0.4) is 0 Å². The summed E-state index contributed by atoms with van der Waals surface area (Å²) in [7, 11) is 1.54. The quantitative estimate of drug-likeness (QED) is 0.654. The van der Waals surface area contributed by atoms with Crippen molar-refractivity contribution in [3.05, 3.63) is 0 Å². The molecule has 1 aliphatic heterocycles. The molecule has 0 unspecified atom stereocenters. The molecule has 0 aliphatic carbocycles. The number of aliphatic carboxylic acids is 1. The SMILES string of the molecule is COCC1(C(=O)O)CSC1. The molecule has 0 atom stereocenters. The molecule has 1 saturated heterocycles. The van der Waals surface area contributed by atoms with Gasteiger partial charge < -0.3 is 9.84 Å². The maximum absolute atomic E-state index is 10.6. The molecule has 0 aromatic heterocycles. The van der Waals surface area contributed by atoms with Crippen LogP contribution in [-0.2, 0) is 9.53 Å².